The number of likely N-dealkylation sites (tertiary alicyclic amines) is 1. The van der Waals surface area contributed by atoms with Gasteiger partial charge in [0.15, 0.2) is 17.6 Å². The molecule has 0 unspecified atom stereocenters. The number of carbonyl (C=O) groups excluding carboxylic acids is 2. The van der Waals surface area contributed by atoms with Gasteiger partial charge in [-0.25, -0.2) is 5.06 Å². The minimum absolute atomic E-state index is 0.190. The number of hydrogen-bond donors (Lipinski definition) is 0. The second-order valence-corrected chi connectivity index (χ2v) is 8.33. The quantitative estimate of drug-likeness (QED) is 0.483. The van der Waals surface area contributed by atoms with Gasteiger partial charge in [-0.2, -0.15) is 0 Å². The molecule has 0 aliphatic carbocycles. The zero-order valence-corrected chi connectivity index (χ0v) is 19.7. The molecule has 0 N–H and O–H groups in total. The second kappa shape index (κ2) is 9.31. The molecule has 3 aromatic carbocycles. The van der Waals surface area contributed by atoms with Crippen LogP contribution in [0.1, 0.15) is 17.2 Å². The van der Waals surface area contributed by atoms with Crippen LogP contribution in [0.25, 0.3) is 0 Å². The molecule has 180 valence electrons. The van der Waals surface area contributed by atoms with Crippen molar-refractivity contribution in [3.05, 3.63) is 83.9 Å². The van der Waals surface area contributed by atoms with Crippen LogP contribution in [0.15, 0.2) is 72.8 Å². The summed E-state index contributed by atoms with van der Waals surface area (Å²) in [6.45, 7) is 0.190. The van der Waals surface area contributed by atoms with Crippen LogP contribution in [0.5, 0.6) is 17.2 Å². The zero-order valence-electron chi connectivity index (χ0n) is 19.7. The predicted octanol–water partition coefficient (Wildman–Crippen LogP) is 3.76. The Labute approximate surface area is 203 Å². The van der Waals surface area contributed by atoms with Crippen molar-refractivity contribution in [2.75, 3.05) is 26.4 Å². The van der Waals surface area contributed by atoms with Crippen molar-refractivity contribution in [1.82, 2.24) is 4.90 Å². The van der Waals surface area contributed by atoms with Gasteiger partial charge in [-0.3, -0.25) is 19.3 Å². The first-order valence-electron chi connectivity index (χ1n) is 11.3. The lowest BCUT2D eigenvalue weighted by molar-refractivity contribution is -0.143. The van der Waals surface area contributed by atoms with Gasteiger partial charge in [-0.1, -0.05) is 48.5 Å². The highest BCUT2D eigenvalue weighted by Crippen LogP contribution is 2.52. The van der Waals surface area contributed by atoms with Gasteiger partial charge in [0.25, 0.3) is 5.91 Å². The van der Waals surface area contributed by atoms with E-state index in [2.05, 4.69) is 0 Å². The van der Waals surface area contributed by atoms with Crippen LogP contribution in [-0.4, -0.2) is 44.1 Å². The number of amides is 2. The molecule has 0 bridgehead atoms. The lowest BCUT2D eigenvalue weighted by Gasteiger charge is -2.30. The lowest BCUT2D eigenvalue weighted by Crippen LogP contribution is -2.37. The van der Waals surface area contributed by atoms with E-state index in [1.807, 2.05) is 66.7 Å². The molecule has 0 radical (unpaired) electrons. The summed E-state index contributed by atoms with van der Waals surface area (Å²) in [7, 11) is 4.60. The molecule has 0 spiro atoms. The Morgan fingerprint density at radius 3 is 2.06 bits per heavy atom. The van der Waals surface area contributed by atoms with E-state index in [0.717, 1.165) is 11.3 Å². The topological polar surface area (TPSA) is 77.5 Å². The van der Waals surface area contributed by atoms with Gasteiger partial charge in [-0.05, 0) is 29.8 Å². The number of carbonyl (C=O) groups is 2. The van der Waals surface area contributed by atoms with Crippen molar-refractivity contribution < 1.29 is 28.6 Å². The van der Waals surface area contributed by atoms with E-state index in [9.17, 15) is 9.59 Å². The van der Waals surface area contributed by atoms with Gasteiger partial charge < -0.3 is 14.2 Å². The fourth-order valence-electron chi connectivity index (χ4n) is 4.87. The van der Waals surface area contributed by atoms with E-state index >= 15 is 0 Å². The molecule has 2 amide bonds. The van der Waals surface area contributed by atoms with E-state index in [4.69, 9.17) is 19.0 Å². The average molecular weight is 475 g/mol. The third kappa shape index (κ3) is 3.76. The first-order chi connectivity index (χ1) is 17.1. The van der Waals surface area contributed by atoms with Gasteiger partial charge in [0.2, 0.25) is 11.7 Å². The van der Waals surface area contributed by atoms with E-state index in [-0.39, 0.29) is 18.4 Å². The van der Waals surface area contributed by atoms with Crippen LogP contribution in [-0.2, 0) is 21.0 Å². The SMILES string of the molecule is COc1ccc([C@@H]2[C@@H]3C(=O)N(Cc4ccccc4)C(=O)[C@H]3ON2c2ccccc2)c(OC)c1OC. The smallest absolute Gasteiger partial charge is 0.262 e. The molecule has 2 aliphatic rings. The summed E-state index contributed by atoms with van der Waals surface area (Å²) in [4.78, 5) is 34.6. The summed E-state index contributed by atoms with van der Waals surface area (Å²) in [6, 6.07) is 21.8. The number of methoxy groups -OCH3 is 3. The molecular weight excluding hydrogens is 448 g/mol. The summed E-state index contributed by atoms with van der Waals surface area (Å²) in [5, 5.41) is 1.63. The van der Waals surface area contributed by atoms with E-state index in [1.165, 1.54) is 19.1 Å². The molecular formula is C27H26N2O6. The number of nitrogens with zero attached hydrogens (tertiary/aromatic N) is 2. The number of para-hydroxylation sites is 1. The number of benzene rings is 3. The Bertz CT molecular complexity index is 1230. The van der Waals surface area contributed by atoms with Crippen LogP contribution in [0, 0.1) is 5.92 Å². The number of ether oxygens (including phenoxy) is 3. The number of anilines is 1. The summed E-state index contributed by atoms with van der Waals surface area (Å²) in [5.74, 6) is -0.0886. The van der Waals surface area contributed by atoms with Crippen molar-refractivity contribution in [3.63, 3.8) is 0 Å². The van der Waals surface area contributed by atoms with Gasteiger partial charge in [0.05, 0.1) is 33.6 Å². The van der Waals surface area contributed by atoms with Gasteiger partial charge in [-0.15, -0.1) is 0 Å². The highest BCUT2D eigenvalue weighted by atomic mass is 16.7. The molecule has 8 nitrogen and oxygen atoms in total. The molecule has 0 saturated carbocycles. The number of fused-ring (bicyclic) bond motifs is 1. The summed E-state index contributed by atoms with van der Waals surface area (Å²) in [5.41, 5.74) is 2.25. The molecule has 35 heavy (non-hydrogen) atoms. The molecule has 2 aliphatic heterocycles. The van der Waals surface area contributed by atoms with Crippen molar-refractivity contribution in [2.45, 2.75) is 18.7 Å². The fraction of sp³-hybridized carbons (Fsp3) is 0.259. The number of hydroxylamine groups is 1. The largest absolute Gasteiger partial charge is 0.493 e. The molecule has 2 heterocycles. The Kier molecular flexibility index (Phi) is 6.05. The number of imide groups is 1. The van der Waals surface area contributed by atoms with Gasteiger partial charge >= 0.3 is 0 Å². The van der Waals surface area contributed by atoms with E-state index in [0.29, 0.717) is 22.8 Å². The first-order valence-corrected chi connectivity index (χ1v) is 11.3. The fourth-order valence-corrected chi connectivity index (χ4v) is 4.87. The summed E-state index contributed by atoms with van der Waals surface area (Å²) in [6.07, 6.45) is -0.950. The maximum atomic E-state index is 13.7. The molecule has 2 fully saturated rings. The second-order valence-electron chi connectivity index (χ2n) is 8.33. The van der Waals surface area contributed by atoms with Gasteiger partial charge in [0, 0.05) is 5.56 Å². The lowest BCUT2D eigenvalue weighted by atomic mass is 9.89. The summed E-state index contributed by atoms with van der Waals surface area (Å²) >= 11 is 0. The van der Waals surface area contributed by atoms with Crippen LogP contribution in [0.2, 0.25) is 0 Å². The first kappa shape index (κ1) is 22.7. The summed E-state index contributed by atoms with van der Waals surface area (Å²) < 4.78 is 16.8. The Morgan fingerprint density at radius 2 is 1.43 bits per heavy atom. The molecule has 2 saturated heterocycles. The van der Waals surface area contributed by atoms with Gasteiger partial charge in [0.1, 0.15) is 12.0 Å². The number of rotatable bonds is 7. The molecule has 5 rings (SSSR count). The van der Waals surface area contributed by atoms with Crippen LogP contribution >= 0.6 is 0 Å². The Hall–Kier alpha value is -4.04. The van der Waals surface area contributed by atoms with E-state index in [1.54, 1.807) is 18.2 Å². The van der Waals surface area contributed by atoms with Crippen molar-refractivity contribution in [3.8, 4) is 17.2 Å². The standard InChI is InChI=1S/C27H26N2O6/c1-32-20-15-14-19(23(33-2)24(20)34-3)22-21-25(35-29(22)18-12-8-5-9-13-18)27(31)28(26(21)30)16-17-10-6-4-7-11-17/h4-15,21-22,25H,16H2,1-3H3/t21-,22+,25-/m0/s1. The predicted molar refractivity (Wildman–Crippen MR) is 128 cm³/mol. The number of hydrogen-bond acceptors (Lipinski definition) is 7. The maximum absolute atomic E-state index is 13.7. The minimum Gasteiger partial charge on any atom is -0.493 e. The van der Waals surface area contributed by atoms with Crippen LogP contribution in [0.3, 0.4) is 0 Å². The Morgan fingerprint density at radius 1 is 0.771 bits per heavy atom. The van der Waals surface area contributed by atoms with Crippen LogP contribution in [0.4, 0.5) is 5.69 Å². The minimum atomic E-state index is -0.950. The maximum Gasteiger partial charge on any atom is 0.262 e. The average Bonchev–Trinajstić information content (AvgIpc) is 3.40. The van der Waals surface area contributed by atoms with E-state index < -0.39 is 18.1 Å². The molecule has 3 atom stereocenters. The third-order valence-corrected chi connectivity index (χ3v) is 6.45. The molecule has 0 aromatic heterocycles. The molecule has 8 heteroatoms. The van der Waals surface area contributed by atoms with Crippen molar-refractivity contribution in [1.29, 1.82) is 0 Å². The Balaban J connectivity index is 1.61. The highest BCUT2D eigenvalue weighted by molar-refractivity contribution is 6.07. The van der Waals surface area contributed by atoms with Crippen molar-refractivity contribution >= 4 is 17.5 Å². The van der Waals surface area contributed by atoms with Crippen molar-refractivity contribution in [2.24, 2.45) is 5.92 Å². The third-order valence-electron chi connectivity index (χ3n) is 6.45. The highest BCUT2D eigenvalue weighted by Gasteiger charge is 2.60. The monoisotopic (exact) mass is 474 g/mol. The zero-order chi connectivity index (χ0) is 24.5. The normalized spacial score (nSPS) is 21.3. The molecule has 3 aromatic rings. The van der Waals surface area contributed by atoms with Crippen LogP contribution < -0.4 is 19.3 Å².